The van der Waals surface area contributed by atoms with E-state index in [0.29, 0.717) is 0 Å². The van der Waals surface area contributed by atoms with Crippen LogP contribution in [0.5, 0.6) is 0 Å². The molecule has 0 amide bonds. The molecular weight excluding hydrogens is 144 g/mol. The van der Waals surface area contributed by atoms with Crippen molar-refractivity contribution in [1.29, 1.82) is 0 Å². The summed E-state index contributed by atoms with van der Waals surface area (Å²) in [5.41, 5.74) is 3.37. The molecule has 0 spiro atoms. The SMILES string of the molecule is CCCC/C=C1/C=C2CCC1C2. The van der Waals surface area contributed by atoms with Gasteiger partial charge >= 0.3 is 0 Å². The molecule has 2 rings (SSSR count). The molecule has 0 radical (unpaired) electrons. The number of hydrogen-bond acceptors (Lipinski definition) is 0. The molecule has 1 atom stereocenters. The van der Waals surface area contributed by atoms with Crippen LogP contribution in [0.2, 0.25) is 0 Å². The lowest BCUT2D eigenvalue weighted by molar-refractivity contribution is 0.665. The molecule has 2 aliphatic rings. The highest BCUT2D eigenvalue weighted by Gasteiger charge is 2.27. The van der Waals surface area contributed by atoms with Gasteiger partial charge in [0.15, 0.2) is 0 Å². The number of fused-ring (bicyclic) bond motifs is 2. The first kappa shape index (κ1) is 8.10. The van der Waals surface area contributed by atoms with E-state index in [0.717, 1.165) is 5.92 Å². The molecule has 2 bridgehead atoms. The molecule has 0 aromatic carbocycles. The van der Waals surface area contributed by atoms with Crippen LogP contribution < -0.4 is 0 Å². The van der Waals surface area contributed by atoms with Crippen molar-refractivity contribution in [3.63, 3.8) is 0 Å². The second-order valence-corrected chi connectivity index (χ2v) is 4.09. The Kier molecular flexibility index (Phi) is 2.34. The van der Waals surface area contributed by atoms with Crippen LogP contribution in [0.25, 0.3) is 0 Å². The molecule has 12 heavy (non-hydrogen) atoms. The quantitative estimate of drug-likeness (QED) is 0.553. The maximum Gasteiger partial charge on any atom is -0.0125 e. The average molecular weight is 162 g/mol. The molecule has 2 aliphatic carbocycles. The first-order valence-corrected chi connectivity index (χ1v) is 5.29. The van der Waals surface area contributed by atoms with E-state index >= 15 is 0 Å². The Balaban J connectivity index is 1.93. The van der Waals surface area contributed by atoms with Crippen molar-refractivity contribution in [2.45, 2.75) is 45.4 Å². The minimum absolute atomic E-state index is 0.928. The highest BCUT2D eigenvalue weighted by molar-refractivity contribution is 5.37. The Labute approximate surface area is 75.4 Å². The van der Waals surface area contributed by atoms with Crippen LogP contribution in [-0.4, -0.2) is 0 Å². The zero-order valence-corrected chi connectivity index (χ0v) is 7.97. The van der Waals surface area contributed by atoms with Gasteiger partial charge in [-0.25, -0.2) is 0 Å². The van der Waals surface area contributed by atoms with Crippen LogP contribution in [0, 0.1) is 5.92 Å². The Bertz CT molecular complexity index is 220. The van der Waals surface area contributed by atoms with E-state index in [4.69, 9.17) is 0 Å². The van der Waals surface area contributed by atoms with Crippen LogP contribution in [-0.2, 0) is 0 Å². The van der Waals surface area contributed by atoms with Gasteiger partial charge in [0.05, 0.1) is 0 Å². The predicted molar refractivity (Wildman–Crippen MR) is 53.0 cm³/mol. The second-order valence-electron chi connectivity index (χ2n) is 4.09. The van der Waals surface area contributed by atoms with E-state index in [1.807, 2.05) is 0 Å². The Morgan fingerprint density at radius 2 is 2.50 bits per heavy atom. The van der Waals surface area contributed by atoms with Gasteiger partial charge in [-0.15, -0.1) is 0 Å². The van der Waals surface area contributed by atoms with E-state index in [1.54, 1.807) is 11.1 Å². The highest BCUT2D eigenvalue weighted by atomic mass is 14.3. The van der Waals surface area contributed by atoms with Crippen molar-refractivity contribution in [2.24, 2.45) is 5.92 Å². The Hall–Kier alpha value is -0.520. The summed E-state index contributed by atoms with van der Waals surface area (Å²) < 4.78 is 0. The third-order valence-corrected chi connectivity index (χ3v) is 3.10. The van der Waals surface area contributed by atoms with Crippen molar-refractivity contribution >= 4 is 0 Å². The summed E-state index contributed by atoms with van der Waals surface area (Å²) in [7, 11) is 0. The third kappa shape index (κ3) is 1.48. The van der Waals surface area contributed by atoms with Gasteiger partial charge in [0, 0.05) is 0 Å². The summed E-state index contributed by atoms with van der Waals surface area (Å²) in [4.78, 5) is 0. The second kappa shape index (κ2) is 3.47. The van der Waals surface area contributed by atoms with Gasteiger partial charge in [-0.3, -0.25) is 0 Å². The summed E-state index contributed by atoms with van der Waals surface area (Å²) in [6, 6.07) is 0. The fraction of sp³-hybridized carbons (Fsp3) is 0.667. The molecule has 66 valence electrons. The third-order valence-electron chi connectivity index (χ3n) is 3.10. The van der Waals surface area contributed by atoms with E-state index in [9.17, 15) is 0 Å². The van der Waals surface area contributed by atoms with Gasteiger partial charge in [0.1, 0.15) is 0 Å². The van der Waals surface area contributed by atoms with Crippen LogP contribution in [0.3, 0.4) is 0 Å². The van der Waals surface area contributed by atoms with Gasteiger partial charge < -0.3 is 0 Å². The fourth-order valence-electron chi connectivity index (χ4n) is 2.35. The predicted octanol–water partition coefficient (Wildman–Crippen LogP) is 3.84. The molecule has 0 nitrogen and oxygen atoms in total. The normalized spacial score (nSPS) is 29.9. The van der Waals surface area contributed by atoms with E-state index in [-0.39, 0.29) is 0 Å². The molecule has 0 saturated heterocycles. The number of allylic oxidation sites excluding steroid dienone is 4. The minimum Gasteiger partial charge on any atom is -0.0810 e. The zero-order valence-electron chi connectivity index (χ0n) is 7.97. The van der Waals surface area contributed by atoms with Crippen molar-refractivity contribution in [3.8, 4) is 0 Å². The molecular formula is C12H18. The molecule has 0 aromatic heterocycles. The van der Waals surface area contributed by atoms with Gasteiger partial charge in [0.2, 0.25) is 0 Å². The summed E-state index contributed by atoms with van der Waals surface area (Å²) in [5, 5.41) is 0. The summed E-state index contributed by atoms with van der Waals surface area (Å²) in [5.74, 6) is 0.928. The van der Waals surface area contributed by atoms with Gasteiger partial charge in [0.25, 0.3) is 0 Å². The van der Waals surface area contributed by atoms with Crippen molar-refractivity contribution in [3.05, 3.63) is 23.3 Å². The summed E-state index contributed by atoms with van der Waals surface area (Å²) >= 11 is 0. The molecule has 0 N–H and O–H groups in total. The van der Waals surface area contributed by atoms with Crippen LogP contribution in [0.4, 0.5) is 0 Å². The van der Waals surface area contributed by atoms with Crippen LogP contribution in [0.1, 0.15) is 45.4 Å². The molecule has 1 fully saturated rings. The van der Waals surface area contributed by atoms with Gasteiger partial charge in [-0.1, -0.05) is 37.5 Å². The number of rotatable bonds is 3. The maximum absolute atomic E-state index is 2.47. The standard InChI is InChI=1S/C12H18/c1-2-3-4-5-11-8-10-6-7-12(11)9-10/h5,8,12H,2-4,6-7,9H2,1H3/b11-5-. The molecule has 0 aliphatic heterocycles. The van der Waals surface area contributed by atoms with Crippen LogP contribution >= 0.6 is 0 Å². The minimum atomic E-state index is 0.928. The molecule has 1 saturated carbocycles. The Morgan fingerprint density at radius 1 is 1.58 bits per heavy atom. The molecule has 1 unspecified atom stereocenters. The zero-order chi connectivity index (χ0) is 8.39. The van der Waals surface area contributed by atoms with Gasteiger partial charge in [-0.2, -0.15) is 0 Å². The Morgan fingerprint density at radius 3 is 3.08 bits per heavy atom. The van der Waals surface area contributed by atoms with Crippen molar-refractivity contribution in [1.82, 2.24) is 0 Å². The molecule has 0 heterocycles. The lowest BCUT2D eigenvalue weighted by atomic mass is 9.98. The van der Waals surface area contributed by atoms with E-state index in [2.05, 4.69) is 19.1 Å². The summed E-state index contributed by atoms with van der Waals surface area (Å²) in [6.07, 6.45) is 13.1. The monoisotopic (exact) mass is 162 g/mol. The number of hydrogen-bond donors (Lipinski definition) is 0. The van der Waals surface area contributed by atoms with Crippen LogP contribution in [0.15, 0.2) is 23.3 Å². The van der Waals surface area contributed by atoms with E-state index < -0.39 is 0 Å². The first-order valence-electron chi connectivity index (χ1n) is 5.29. The lowest BCUT2D eigenvalue weighted by Gasteiger charge is -2.07. The van der Waals surface area contributed by atoms with Gasteiger partial charge in [-0.05, 0) is 37.2 Å². The van der Waals surface area contributed by atoms with E-state index in [1.165, 1.54) is 38.5 Å². The highest BCUT2D eigenvalue weighted by Crippen LogP contribution is 2.43. The lowest BCUT2D eigenvalue weighted by Crippen LogP contribution is -1.93. The van der Waals surface area contributed by atoms with Crippen molar-refractivity contribution in [2.75, 3.05) is 0 Å². The largest absolute Gasteiger partial charge is 0.0810 e. The molecule has 0 heteroatoms. The topological polar surface area (TPSA) is 0 Å². The smallest absolute Gasteiger partial charge is 0.0125 e. The first-order chi connectivity index (χ1) is 5.90. The fourth-order valence-corrected chi connectivity index (χ4v) is 2.35. The summed E-state index contributed by atoms with van der Waals surface area (Å²) in [6.45, 7) is 2.26. The van der Waals surface area contributed by atoms with Crippen molar-refractivity contribution < 1.29 is 0 Å². The molecule has 0 aromatic rings. The maximum atomic E-state index is 2.47. The number of unbranched alkanes of at least 4 members (excludes halogenated alkanes) is 2. The average Bonchev–Trinajstić information content (AvgIpc) is 2.65.